The fraction of sp³-hybridized carbons (Fsp3) is 0.250. The van der Waals surface area contributed by atoms with Crippen molar-refractivity contribution in [1.29, 1.82) is 0 Å². The third kappa shape index (κ3) is 2.17. The predicted octanol–water partition coefficient (Wildman–Crippen LogP) is 2.86. The average Bonchev–Trinajstić information content (AvgIpc) is 2.87. The molecule has 0 aliphatic rings. The van der Waals surface area contributed by atoms with Crippen LogP contribution in [0.5, 0.6) is 0 Å². The van der Waals surface area contributed by atoms with E-state index in [1.807, 2.05) is 0 Å². The van der Waals surface area contributed by atoms with Crippen molar-refractivity contribution in [2.45, 2.75) is 19.9 Å². The average molecular weight is 235 g/mol. The van der Waals surface area contributed by atoms with E-state index in [-0.39, 0.29) is 0 Å². The van der Waals surface area contributed by atoms with E-state index >= 15 is 0 Å². The van der Waals surface area contributed by atoms with Crippen LogP contribution >= 0.6 is 11.3 Å². The van der Waals surface area contributed by atoms with Crippen LogP contribution in [0.3, 0.4) is 0 Å². The molecule has 0 fully saturated rings. The zero-order valence-corrected chi connectivity index (χ0v) is 9.83. The third-order valence-electron chi connectivity index (χ3n) is 2.44. The number of rotatable bonds is 4. The highest BCUT2D eigenvalue weighted by Crippen LogP contribution is 2.18. The molecule has 2 aromatic heterocycles. The van der Waals surface area contributed by atoms with Gasteiger partial charge in [0.1, 0.15) is 5.69 Å². The minimum absolute atomic E-state index is 0.339. The van der Waals surface area contributed by atoms with Gasteiger partial charge in [0, 0.05) is 16.0 Å². The molecule has 0 atom stereocenters. The lowest BCUT2D eigenvalue weighted by Gasteiger charge is -2.03. The van der Waals surface area contributed by atoms with Gasteiger partial charge in [-0.1, -0.05) is 6.92 Å². The van der Waals surface area contributed by atoms with Crippen LogP contribution in [0, 0.1) is 0 Å². The van der Waals surface area contributed by atoms with E-state index in [0.29, 0.717) is 12.2 Å². The summed E-state index contributed by atoms with van der Waals surface area (Å²) in [6, 6.07) is 7.55. The Morgan fingerprint density at radius 1 is 1.38 bits per heavy atom. The Kier molecular flexibility index (Phi) is 3.10. The van der Waals surface area contributed by atoms with Crippen molar-refractivity contribution < 1.29 is 9.90 Å². The zero-order valence-electron chi connectivity index (χ0n) is 9.01. The maximum atomic E-state index is 10.9. The lowest BCUT2D eigenvalue weighted by atomic mass is 10.3. The van der Waals surface area contributed by atoms with E-state index in [4.69, 9.17) is 5.11 Å². The maximum Gasteiger partial charge on any atom is 0.352 e. The molecule has 0 amide bonds. The monoisotopic (exact) mass is 235 g/mol. The summed E-state index contributed by atoms with van der Waals surface area (Å²) < 4.78 is 1.76. The van der Waals surface area contributed by atoms with E-state index in [0.717, 1.165) is 6.42 Å². The first kappa shape index (κ1) is 11.0. The molecule has 0 bridgehead atoms. The minimum Gasteiger partial charge on any atom is -0.477 e. The first-order valence-electron chi connectivity index (χ1n) is 5.16. The summed E-state index contributed by atoms with van der Waals surface area (Å²) in [5.41, 5.74) is 0.339. The maximum absolute atomic E-state index is 10.9. The molecular weight excluding hydrogens is 222 g/mol. The van der Waals surface area contributed by atoms with Crippen molar-refractivity contribution in [2.24, 2.45) is 0 Å². The quantitative estimate of drug-likeness (QED) is 0.885. The van der Waals surface area contributed by atoms with Gasteiger partial charge in [0.25, 0.3) is 0 Å². The molecule has 2 aromatic rings. The molecule has 0 aromatic carbocycles. The third-order valence-corrected chi connectivity index (χ3v) is 3.65. The van der Waals surface area contributed by atoms with Crippen molar-refractivity contribution in [1.82, 2.24) is 4.57 Å². The smallest absolute Gasteiger partial charge is 0.352 e. The second kappa shape index (κ2) is 4.53. The Hall–Kier alpha value is -1.55. The van der Waals surface area contributed by atoms with Gasteiger partial charge in [0.15, 0.2) is 0 Å². The van der Waals surface area contributed by atoms with Gasteiger partial charge < -0.3 is 9.67 Å². The highest BCUT2D eigenvalue weighted by molar-refractivity contribution is 7.11. The molecule has 0 aliphatic carbocycles. The normalized spacial score (nSPS) is 10.6. The molecule has 3 nitrogen and oxygen atoms in total. The number of hydrogen-bond donors (Lipinski definition) is 1. The van der Waals surface area contributed by atoms with Gasteiger partial charge in [-0.2, -0.15) is 0 Å². The van der Waals surface area contributed by atoms with Gasteiger partial charge in [-0.25, -0.2) is 4.79 Å². The highest BCUT2D eigenvalue weighted by atomic mass is 32.1. The number of aromatic nitrogens is 1. The second-order valence-electron chi connectivity index (χ2n) is 3.55. The molecule has 0 saturated carbocycles. The number of aromatic carboxylic acids is 1. The minimum atomic E-state index is -0.878. The summed E-state index contributed by atoms with van der Waals surface area (Å²) in [5.74, 6) is -0.878. The SMILES string of the molecule is CCc1ccc(Cn2cccc2C(=O)O)s1. The second-order valence-corrected chi connectivity index (χ2v) is 4.80. The van der Waals surface area contributed by atoms with Crippen molar-refractivity contribution in [2.75, 3.05) is 0 Å². The Bertz CT molecular complexity index is 499. The van der Waals surface area contributed by atoms with Gasteiger partial charge >= 0.3 is 5.97 Å². The number of carboxylic acids is 1. The molecule has 1 N–H and O–H groups in total. The van der Waals surface area contributed by atoms with E-state index < -0.39 is 5.97 Å². The van der Waals surface area contributed by atoms with Crippen molar-refractivity contribution >= 4 is 17.3 Å². The van der Waals surface area contributed by atoms with Gasteiger partial charge in [-0.05, 0) is 30.7 Å². The molecule has 2 heterocycles. The van der Waals surface area contributed by atoms with Gasteiger partial charge in [0.2, 0.25) is 0 Å². The van der Waals surface area contributed by atoms with E-state index in [9.17, 15) is 4.79 Å². The van der Waals surface area contributed by atoms with Crippen LogP contribution < -0.4 is 0 Å². The van der Waals surface area contributed by atoms with Crippen LogP contribution in [-0.4, -0.2) is 15.6 Å². The van der Waals surface area contributed by atoms with Crippen molar-refractivity contribution in [3.8, 4) is 0 Å². The molecule has 0 aliphatic heterocycles. The molecule has 4 heteroatoms. The number of carbonyl (C=O) groups is 1. The Morgan fingerprint density at radius 3 is 2.75 bits per heavy atom. The van der Waals surface area contributed by atoms with E-state index in [1.165, 1.54) is 9.75 Å². The summed E-state index contributed by atoms with van der Waals surface area (Å²) in [4.78, 5) is 13.4. The molecule has 2 rings (SSSR count). The van der Waals surface area contributed by atoms with Crippen molar-refractivity contribution in [3.63, 3.8) is 0 Å². The lowest BCUT2D eigenvalue weighted by Crippen LogP contribution is -2.07. The molecule has 0 unspecified atom stereocenters. The van der Waals surface area contributed by atoms with Gasteiger partial charge in [-0.3, -0.25) is 0 Å². The summed E-state index contributed by atoms with van der Waals surface area (Å²) in [6.45, 7) is 2.76. The summed E-state index contributed by atoms with van der Waals surface area (Å²) in [5, 5.41) is 8.97. The van der Waals surface area contributed by atoms with Crippen LogP contribution in [0.1, 0.15) is 27.2 Å². The van der Waals surface area contributed by atoms with E-state index in [2.05, 4.69) is 19.1 Å². The number of carboxylic acid groups (broad SMARTS) is 1. The summed E-state index contributed by atoms with van der Waals surface area (Å²) in [7, 11) is 0. The topological polar surface area (TPSA) is 42.2 Å². The number of nitrogens with zero attached hydrogens (tertiary/aromatic N) is 1. The Balaban J connectivity index is 2.20. The number of hydrogen-bond acceptors (Lipinski definition) is 2. The zero-order chi connectivity index (χ0) is 11.5. The molecule has 0 radical (unpaired) electrons. The molecule has 0 saturated heterocycles. The summed E-state index contributed by atoms with van der Waals surface area (Å²) in [6.07, 6.45) is 2.83. The Morgan fingerprint density at radius 2 is 2.12 bits per heavy atom. The lowest BCUT2D eigenvalue weighted by molar-refractivity contribution is 0.0686. The largest absolute Gasteiger partial charge is 0.477 e. The molecule has 16 heavy (non-hydrogen) atoms. The van der Waals surface area contributed by atoms with Crippen LogP contribution in [-0.2, 0) is 13.0 Å². The van der Waals surface area contributed by atoms with Crippen LogP contribution in [0.25, 0.3) is 0 Å². The van der Waals surface area contributed by atoms with Gasteiger partial charge in [0.05, 0.1) is 6.54 Å². The molecule has 0 spiro atoms. The van der Waals surface area contributed by atoms with Crippen molar-refractivity contribution in [3.05, 3.63) is 45.9 Å². The van der Waals surface area contributed by atoms with Crippen LogP contribution in [0.15, 0.2) is 30.5 Å². The number of aryl methyl sites for hydroxylation is 1. The van der Waals surface area contributed by atoms with Gasteiger partial charge in [-0.15, -0.1) is 11.3 Å². The molecule has 84 valence electrons. The van der Waals surface area contributed by atoms with E-state index in [1.54, 1.807) is 34.2 Å². The first-order chi connectivity index (χ1) is 7.70. The summed E-state index contributed by atoms with van der Waals surface area (Å²) >= 11 is 1.74. The number of thiophene rings is 1. The Labute approximate surface area is 98.0 Å². The molecular formula is C12H13NO2S. The van der Waals surface area contributed by atoms with Crippen LogP contribution in [0.4, 0.5) is 0 Å². The highest BCUT2D eigenvalue weighted by Gasteiger charge is 2.09. The fourth-order valence-electron chi connectivity index (χ4n) is 1.61. The fourth-order valence-corrected chi connectivity index (χ4v) is 2.57. The first-order valence-corrected chi connectivity index (χ1v) is 5.98. The van der Waals surface area contributed by atoms with Crippen LogP contribution in [0.2, 0.25) is 0 Å². The predicted molar refractivity (Wildman–Crippen MR) is 64.2 cm³/mol. The standard InChI is InChI=1S/C12H13NO2S/c1-2-9-5-6-10(16-9)8-13-7-3-4-11(13)12(14)15/h3-7H,2,8H2,1H3,(H,14,15).